The minimum atomic E-state index is -3.87. The maximum absolute atomic E-state index is 13.0. The van der Waals surface area contributed by atoms with Gasteiger partial charge in [0, 0.05) is 6.42 Å². The van der Waals surface area contributed by atoms with Crippen molar-refractivity contribution >= 4 is 62.1 Å². The Labute approximate surface area is 250 Å². The Morgan fingerprint density at radius 3 is 2.07 bits per heavy atom. The van der Waals surface area contributed by atoms with Gasteiger partial charge in [0.2, 0.25) is 0 Å². The number of rotatable bonds is 11. The Bertz CT molecular complexity index is 1630. The summed E-state index contributed by atoms with van der Waals surface area (Å²) in [7, 11) is -0.756. The van der Waals surface area contributed by atoms with Gasteiger partial charge < -0.3 is 19.9 Å². The summed E-state index contributed by atoms with van der Waals surface area (Å²) in [5, 5.41) is 13.6. The summed E-state index contributed by atoms with van der Waals surface area (Å²) in [5.41, 5.74) is 2.06. The minimum Gasteiger partial charge on any atom is -0.496 e. The van der Waals surface area contributed by atoms with Crippen molar-refractivity contribution in [3.05, 3.63) is 93.3 Å². The molecule has 4 rings (SSSR count). The van der Waals surface area contributed by atoms with E-state index in [2.05, 4.69) is 10.0 Å². The first-order valence-electron chi connectivity index (χ1n) is 11.9. The third-order valence-electron chi connectivity index (χ3n) is 5.99. The zero-order chi connectivity index (χ0) is 29.7. The van der Waals surface area contributed by atoms with Crippen molar-refractivity contribution in [2.45, 2.75) is 16.7 Å². The van der Waals surface area contributed by atoms with Crippen LogP contribution in [0.5, 0.6) is 11.5 Å². The molecule has 3 aromatic carbocycles. The second-order valence-electron chi connectivity index (χ2n) is 8.66. The van der Waals surface area contributed by atoms with Crippen LogP contribution >= 0.6 is 34.5 Å². The smallest absolute Gasteiger partial charge is 0.326 e. The van der Waals surface area contributed by atoms with Gasteiger partial charge in [-0.1, -0.05) is 59.6 Å². The van der Waals surface area contributed by atoms with Crippen LogP contribution in [0.15, 0.2) is 76.3 Å². The number of methoxy groups -OCH3 is 2. The fourth-order valence-corrected chi connectivity index (χ4v) is 6.77. The van der Waals surface area contributed by atoms with Gasteiger partial charge in [0.1, 0.15) is 21.8 Å². The molecule has 0 fully saturated rings. The van der Waals surface area contributed by atoms with E-state index in [9.17, 15) is 23.1 Å². The number of thiophene rings is 1. The number of benzene rings is 3. The lowest BCUT2D eigenvalue weighted by molar-refractivity contribution is -0.139. The van der Waals surface area contributed by atoms with Crippen LogP contribution < -0.4 is 19.5 Å². The molecule has 0 radical (unpaired) electrons. The zero-order valence-corrected chi connectivity index (χ0v) is 24.8. The van der Waals surface area contributed by atoms with Gasteiger partial charge in [-0.05, 0) is 46.8 Å². The predicted molar refractivity (Wildman–Crippen MR) is 159 cm³/mol. The molecule has 1 heterocycles. The highest BCUT2D eigenvalue weighted by Crippen LogP contribution is 2.38. The molecule has 214 valence electrons. The molecule has 3 N–H and O–H groups in total. The molecule has 1 atom stereocenters. The molecule has 41 heavy (non-hydrogen) atoms. The molecule has 13 heteroatoms. The number of carboxylic acid groups (broad SMARTS) is 1. The lowest BCUT2D eigenvalue weighted by atomic mass is 9.99. The standard InChI is InChI=1S/C28H24Cl2N2O7S2/c1-38-22-5-3-6-23(39-2)25(22)17-10-8-16(9-11-17)13-21(28(34)35)31-27(33)26-19(29)14-18(15-20(26)30)32-41(36,37)24-7-4-12-40-24/h3-12,14-15,21,32H,13H2,1-2H3,(H,31,33)(H,34,35). The van der Waals surface area contributed by atoms with Gasteiger partial charge in [-0.15, -0.1) is 11.3 Å². The molecule has 0 saturated carbocycles. The van der Waals surface area contributed by atoms with Crippen LogP contribution in [-0.2, 0) is 21.2 Å². The molecule has 9 nitrogen and oxygen atoms in total. The quantitative estimate of drug-likeness (QED) is 0.185. The zero-order valence-electron chi connectivity index (χ0n) is 21.7. The summed E-state index contributed by atoms with van der Waals surface area (Å²) >= 11 is 13.6. The Kier molecular flexibility index (Phi) is 9.44. The van der Waals surface area contributed by atoms with E-state index >= 15 is 0 Å². The summed E-state index contributed by atoms with van der Waals surface area (Å²) in [4.78, 5) is 25.1. The summed E-state index contributed by atoms with van der Waals surface area (Å²) in [5.74, 6) is -0.851. The largest absolute Gasteiger partial charge is 0.496 e. The number of aliphatic carboxylic acids is 1. The monoisotopic (exact) mass is 634 g/mol. The fourth-order valence-electron chi connectivity index (χ4n) is 4.08. The van der Waals surface area contributed by atoms with Crippen molar-refractivity contribution in [2.75, 3.05) is 18.9 Å². The van der Waals surface area contributed by atoms with Gasteiger partial charge in [-0.3, -0.25) is 9.52 Å². The Hall–Kier alpha value is -3.77. The molecule has 1 amide bonds. The van der Waals surface area contributed by atoms with Gasteiger partial charge in [-0.25, -0.2) is 13.2 Å². The van der Waals surface area contributed by atoms with Crippen molar-refractivity contribution < 1.29 is 32.6 Å². The molecule has 1 aromatic heterocycles. The number of sulfonamides is 1. The van der Waals surface area contributed by atoms with Crippen LogP contribution in [-0.4, -0.2) is 45.7 Å². The first kappa shape index (κ1) is 30.2. The van der Waals surface area contributed by atoms with Crippen LogP contribution in [0.25, 0.3) is 11.1 Å². The Morgan fingerprint density at radius 2 is 1.56 bits per heavy atom. The van der Waals surface area contributed by atoms with Crippen molar-refractivity contribution in [3.63, 3.8) is 0 Å². The third kappa shape index (κ3) is 6.94. The number of amides is 1. The van der Waals surface area contributed by atoms with Crippen LogP contribution in [0.4, 0.5) is 5.69 Å². The topological polar surface area (TPSA) is 131 Å². The lowest BCUT2D eigenvalue weighted by Crippen LogP contribution is -2.42. The van der Waals surface area contributed by atoms with E-state index in [1.54, 1.807) is 49.9 Å². The maximum atomic E-state index is 13.0. The number of anilines is 1. The van der Waals surface area contributed by atoms with Crippen molar-refractivity contribution in [2.24, 2.45) is 0 Å². The molecular formula is C28H24Cl2N2O7S2. The van der Waals surface area contributed by atoms with Crippen molar-refractivity contribution in [3.8, 4) is 22.6 Å². The summed E-state index contributed by atoms with van der Waals surface area (Å²) in [6, 6.07) is 16.7. The highest BCUT2D eigenvalue weighted by molar-refractivity contribution is 7.94. The number of carbonyl (C=O) groups is 2. The van der Waals surface area contributed by atoms with Gasteiger partial charge >= 0.3 is 5.97 Å². The molecule has 0 saturated heterocycles. The second-order valence-corrected chi connectivity index (χ2v) is 12.3. The average molecular weight is 636 g/mol. The van der Waals surface area contributed by atoms with Gasteiger partial charge in [0.05, 0.1) is 41.1 Å². The number of ether oxygens (including phenoxy) is 2. The molecule has 0 spiro atoms. The van der Waals surface area contributed by atoms with Gasteiger partial charge in [0.25, 0.3) is 15.9 Å². The fraction of sp³-hybridized carbons (Fsp3) is 0.143. The van der Waals surface area contributed by atoms with E-state index in [4.69, 9.17) is 32.7 Å². The molecule has 1 unspecified atom stereocenters. The van der Waals surface area contributed by atoms with E-state index in [1.165, 1.54) is 18.2 Å². The van der Waals surface area contributed by atoms with Crippen molar-refractivity contribution in [1.82, 2.24) is 5.32 Å². The van der Waals surface area contributed by atoms with Crippen molar-refractivity contribution in [1.29, 1.82) is 0 Å². The van der Waals surface area contributed by atoms with Crippen LogP contribution in [0.1, 0.15) is 15.9 Å². The van der Waals surface area contributed by atoms with Gasteiger partial charge in [0.15, 0.2) is 0 Å². The molecule has 0 aliphatic heterocycles. The summed E-state index contributed by atoms with van der Waals surface area (Å²) < 4.78 is 38.4. The average Bonchev–Trinajstić information content (AvgIpc) is 3.48. The second kappa shape index (κ2) is 12.8. The van der Waals surface area contributed by atoms with E-state index in [-0.39, 0.29) is 31.9 Å². The number of halogens is 2. The van der Waals surface area contributed by atoms with E-state index < -0.39 is 27.9 Å². The molecular weight excluding hydrogens is 611 g/mol. The van der Waals surface area contributed by atoms with E-state index in [1.807, 2.05) is 18.2 Å². The predicted octanol–water partition coefficient (Wildman–Crippen LogP) is 5.97. The van der Waals surface area contributed by atoms with Gasteiger partial charge in [-0.2, -0.15) is 0 Å². The van der Waals surface area contributed by atoms with E-state index in [0.29, 0.717) is 17.1 Å². The first-order chi connectivity index (χ1) is 19.5. The highest BCUT2D eigenvalue weighted by atomic mass is 35.5. The summed E-state index contributed by atoms with van der Waals surface area (Å²) in [6.07, 6.45) is -0.0294. The normalized spacial score (nSPS) is 11.9. The summed E-state index contributed by atoms with van der Waals surface area (Å²) in [6.45, 7) is 0. The molecule has 0 bridgehead atoms. The highest BCUT2D eigenvalue weighted by Gasteiger charge is 2.25. The van der Waals surface area contributed by atoms with Crippen LogP contribution in [0.3, 0.4) is 0 Å². The number of carbonyl (C=O) groups excluding carboxylic acids is 1. The van der Waals surface area contributed by atoms with Crippen LogP contribution in [0.2, 0.25) is 10.0 Å². The first-order valence-corrected chi connectivity index (χ1v) is 15.0. The number of hydrogen-bond donors (Lipinski definition) is 3. The molecule has 4 aromatic rings. The Balaban J connectivity index is 1.51. The minimum absolute atomic E-state index is 0.0294. The third-order valence-corrected chi connectivity index (χ3v) is 9.37. The number of hydrogen-bond acceptors (Lipinski definition) is 7. The van der Waals surface area contributed by atoms with E-state index in [0.717, 1.165) is 22.5 Å². The number of carboxylic acids is 1. The number of nitrogens with one attached hydrogen (secondary N) is 2. The van der Waals surface area contributed by atoms with Crippen LogP contribution in [0, 0.1) is 0 Å². The Morgan fingerprint density at radius 1 is 0.951 bits per heavy atom. The lowest BCUT2D eigenvalue weighted by Gasteiger charge is -2.17. The molecule has 0 aliphatic rings. The molecule has 0 aliphatic carbocycles. The SMILES string of the molecule is COc1cccc(OC)c1-c1ccc(CC(NC(=O)c2c(Cl)cc(NS(=O)(=O)c3cccs3)cc2Cl)C(=O)O)cc1. The maximum Gasteiger partial charge on any atom is 0.326 e.